The number of rotatable bonds is 5. The van der Waals surface area contributed by atoms with Crippen LogP contribution in [0, 0.1) is 5.41 Å². The molecule has 0 bridgehead atoms. The highest BCUT2D eigenvalue weighted by molar-refractivity contribution is 5.78. The third-order valence-electron chi connectivity index (χ3n) is 5.82. The Kier molecular flexibility index (Phi) is 6.07. The predicted molar refractivity (Wildman–Crippen MR) is 101 cm³/mol. The fourth-order valence-corrected chi connectivity index (χ4v) is 4.09. The van der Waals surface area contributed by atoms with Crippen LogP contribution in [0.4, 0.5) is 0 Å². The number of aromatic nitrogens is 1. The number of likely N-dealkylation sites (tertiary alicyclic amines) is 2. The van der Waals surface area contributed by atoms with Crippen molar-refractivity contribution in [2.24, 2.45) is 5.41 Å². The second-order valence-corrected chi connectivity index (χ2v) is 7.54. The second kappa shape index (κ2) is 8.47. The molecule has 2 aliphatic heterocycles. The summed E-state index contributed by atoms with van der Waals surface area (Å²) in [5, 5.41) is 0. The second-order valence-electron chi connectivity index (χ2n) is 7.54. The minimum Gasteiger partial charge on any atom is -0.342 e. The molecule has 2 fully saturated rings. The number of carbonyl (C=O) groups excluding carboxylic acids is 2. The first-order valence-electron chi connectivity index (χ1n) is 9.68. The molecule has 5 nitrogen and oxygen atoms in total. The van der Waals surface area contributed by atoms with Crippen molar-refractivity contribution in [2.75, 3.05) is 26.2 Å². The van der Waals surface area contributed by atoms with Crippen LogP contribution in [0.3, 0.4) is 0 Å². The molecule has 2 saturated heterocycles. The van der Waals surface area contributed by atoms with Crippen LogP contribution in [0.15, 0.2) is 36.5 Å². The molecular weight excluding hydrogens is 326 g/mol. The van der Waals surface area contributed by atoms with E-state index < -0.39 is 0 Å². The van der Waals surface area contributed by atoms with Crippen molar-refractivity contribution in [3.63, 3.8) is 0 Å². The van der Waals surface area contributed by atoms with Gasteiger partial charge in [-0.2, -0.15) is 0 Å². The maximum atomic E-state index is 12.4. The van der Waals surface area contributed by atoms with E-state index in [9.17, 15) is 9.59 Å². The van der Waals surface area contributed by atoms with Gasteiger partial charge in [0.15, 0.2) is 0 Å². The van der Waals surface area contributed by atoms with Crippen molar-refractivity contribution >= 4 is 11.8 Å². The number of allylic oxidation sites excluding steroid dienone is 1. The van der Waals surface area contributed by atoms with Gasteiger partial charge in [-0.25, -0.2) is 0 Å². The van der Waals surface area contributed by atoms with Crippen LogP contribution < -0.4 is 0 Å². The molecular formula is C21H29N3O2. The Morgan fingerprint density at radius 2 is 2.08 bits per heavy atom. The van der Waals surface area contributed by atoms with Crippen molar-refractivity contribution < 1.29 is 9.59 Å². The fourth-order valence-electron chi connectivity index (χ4n) is 4.09. The lowest BCUT2D eigenvalue weighted by Gasteiger charge is -2.47. The van der Waals surface area contributed by atoms with E-state index in [1.54, 1.807) is 6.20 Å². The molecule has 1 aromatic heterocycles. The molecule has 0 aromatic carbocycles. The number of amides is 2. The third kappa shape index (κ3) is 4.51. The molecule has 3 rings (SSSR count). The van der Waals surface area contributed by atoms with E-state index in [0.717, 1.165) is 57.6 Å². The normalized spacial score (nSPS) is 20.1. The van der Waals surface area contributed by atoms with Crippen LogP contribution in [0.1, 0.15) is 44.7 Å². The summed E-state index contributed by atoms with van der Waals surface area (Å²) in [5.41, 5.74) is 1.22. The zero-order valence-electron chi connectivity index (χ0n) is 15.7. The Bertz CT molecular complexity index is 648. The standard InChI is InChI=1S/C21H29N3O2/c1-2-3-7-19(25)23-15-11-21(12-16-23)10-8-20(26)24(17-21)14-9-18-6-4-5-13-22-18/h2-6,13H,7-12,14-17H2,1H3/b3-2+. The zero-order valence-corrected chi connectivity index (χ0v) is 15.7. The summed E-state index contributed by atoms with van der Waals surface area (Å²) < 4.78 is 0. The van der Waals surface area contributed by atoms with Crippen LogP contribution >= 0.6 is 0 Å². The average Bonchev–Trinajstić information content (AvgIpc) is 2.68. The molecule has 0 radical (unpaired) electrons. The summed E-state index contributed by atoms with van der Waals surface area (Å²) >= 11 is 0. The van der Waals surface area contributed by atoms with Gasteiger partial charge in [-0.3, -0.25) is 14.6 Å². The summed E-state index contributed by atoms with van der Waals surface area (Å²) in [5.74, 6) is 0.481. The highest BCUT2D eigenvalue weighted by atomic mass is 16.2. The van der Waals surface area contributed by atoms with Gasteiger partial charge < -0.3 is 9.80 Å². The first-order chi connectivity index (χ1) is 12.6. The molecule has 2 aliphatic rings. The minimum absolute atomic E-state index is 0.190. The Morgan fingerprint density at radius 3 is 2.77 bits per heavy atom. The predicted octanol–water partition coefficient (Wildman–Crippen LogP) is 2.82. The molecule has 5 heteroatoms. The maximum Gasteiger partial charge on any atom is 0.226 e. The van der Waals surface area contributed by atoms with E-state index in [-0.39, 0.29) is 17.2 Å². The van der Waals surface area contributed by atoms with Gasteiger partial charge in [-0.15, -0.1) is 0 Å². The van der Waals surface area contributed by atoms with E-state index in [1.807, 2.05) is 47.1 Å². The van der Waals surface area contributed by atoms with Crippen molar-refractivity contribution in [3.05, 3.63) is 42.2 Å². The molecule has 1 spiro atoms. The Labute approximate surface area is 156 Å². The van der Waals surface area contributed by atoms with Gasteiger partial charge in [0.05, 0.1) is 0 Å². The third-order valence-corrected chi connectivity index (χ3v) is 5.82. The Morgan fingerprint density at radius 1 is 1.27 bits per heavy atom. The largest absolute Gasteiger partial charge is 0.342 e. The monoisotopic (exact) mass is 355 g/mol. The van der Waals surface area contributed by atoms with Crippen LogP contribution in [0.2, 0.25) is 0 Å². The molecule has 0 N–H and O–H groups in total. The lowest BCUT2D eigenvalue weighted by molar-refractivity contribution is -0.142. The first-order valence-corrected chi connectivity index (χ1v) is 9.68. The summed E-state index contributed by atoms with van der Waals surface area (Å²) in [4.78, 5) is 32.9. The molecule has 0 unspecified atom stereocenters. The van der Waals surface area contributed by atoms with E-state index in [0.29, 0.717) is 12.8 Å². The summed E-state index contributed by atoms with van der Waals surface area (Å²) in [7, 11) is 0. The highest BCUT2D eigenvalue weighted by Gasteiger charge is 2.41. The molecule has 26 heavy (non-hydrogen) atoms. The number of pyridine rings is 1. The molecule has 140 valence electrons. The van der Waals surface area contributed by atoms with E-state index in [1.165, 1.54) is 0 Å². The van der Waals surface area contributed by atoms with Crippen LogP contribution in [-0.4, -0.2) is 52.8 Å². The summed E-state index contributed by atoms with van der Waals surface area (Å²) in [6, 6.07) is 5.91. The fraction of sp³-hybridized carbons (Fsp3) is 0.571. The van der Waals surface area contributed by atoms with Crippen LogP contribution in [-0.2, 0) is 16.0 Å². The van der Waals surface area contributed by atoms with Gasteiger partial charge in [0, 0.05) is 57.3 Å². The Hall–Kier alpha value is -2.17. The zero-order chi connectivity index (χ0) is 18.4. The van der Waals surface area contributed by atoms with E-state index >= 15 is 0 Å². The quantitative estimate of drug-likeness (QED) is 0.763. The molecule has 0 saturated carbocycles. The molecule has 0 aliphatic carbocycles. The number of hydrogen-bond acceptors (Lipinski definition) is 3. The molecule has 3 heterocycles. The number of piperidine rings is 2. The van der Waals surface area contributed by atoms with Gasteiger partial charge >= 0.3 is 0 Å². The highest BCUT2D eigenvalue weighted by Crippen LogP contribution is 2.40. The minimum atomic E-state index is 0.190. The van der Waals surface area contributed by atoms with Crippen molar-refractivity contribution in [1.29, 1.82) is 0 Å². The van der Waals surface area contributed by atoms with Crippen molar-refractivity contribution in [2.45, 2.75) is 45.4 Å². The van der Waals surface area contributed by atoms with E-state index in [2.05, 4.69) is 4.98 Å². The first kappa shape index (κ1) is 18.6. The molecule has 1 aromatic rings. The van der Waals surface area contributed by atoms with Crippen molar-refractivity contribution in [1.82, 2.24) is 14.8 Å². The van der Waals surface area contributed by atoms with Gasteiger partial charge in [0.1, 0.15) is 0 Å². The summed E-state index contributed by atoms with van der Waals surface area (Å²) in [6.45, 7) is 5.14. The average molecular weight is 355 g/mol. The van der Waals surface area contributed by atoms with Gasteiger partial charge in [-0.1, -0.05) is 18.2 Å². The van der Waals surface area contributed by atoms with E-state index in [4.69, 9.17) is 0 Å². The number of carbonyl (C=O) groups is 2. The van der Waals surface area contributed by atoms with Crippen LogP contribution in [0.5, 0.6) is 0 Å². The maximum absolute atomic E-state index is 12.4. The topological polar surface area (TPSA) is 53.5 Å². The smallest absolute Gasteiger partial charge is 0.226 e. The van der Waals surface area contributed by atoms with Gasteiger partial charge in [0.25, 0.3) is 0 Å². The molecule has 0 atom stereocenters. The lowest BCUT2D eigenvalue weighted by atomic mass is 9.72. The Balaban J connectivity index is 1.54. The molecule has 2 amide bonds. The van der Waals surface area contributed by atoms with Gasteiger partial charge in [-0.05, 0) is 43.7 Å². The van der Waals surface area contributed by atoms with Gasteiger partial charge in [0.2, 0.25) is 11.8 Å². The van der Waals surface area contributed by atoms with Crippen LogP contribution in [0.25, 0.3) is 0 Å². The number of nitrogens with zero attached hydrogens (tertiary/aromatic N) is 3. The van der Waals surface area contributed by atoms with Crippen molar-refractivity contribution in [3.8, 4) is 0 Å². The SMILES string of the molecule is C/C=C/CC(=O)N1CCC2(CCC(=O)N(CCc3ccccn3)C2)CC1. The number of hydrogen-bond donors (Lipinski definition) is 0. The lowest BCUT2D eigenvalue weighted by Crippen LogP contribution is -2.52. The summed E-state index contributed by atoms with van der Waals surface area (Å²) in [6.07, 6.45) is 10.5.